The SMILES string of the molecule is O=C(Nc1cc(S(=O)(=O)N2CCCC2)ccc1O)C(Sc1ccccc1)c1ccccc1. The van der Waals surface area contributed by atoms with Crippen LogP contribution in [0, 0.1) is 0 Å². The van der Waals surface area contributed by atoms with Gasteiger partial charge in [-0.1, -0.05) is 48.5 Å². The minimum Gasteiger partial charge on any atom is -0.506 e. The second-order valence-corrected chi connectivity index (χ2v) is 10.6. The number of hydrogen-bond acceptors (Lipinski definition) is 5. The number of anilines is 1. The Bertz CT molecular complexity index is 1180. The Morgan fingerprint density at radius 1 is 0.938 bits per heavy atom. The van der Waals surface area contributed by atoms with Gasteiger partial charge in [0.1, 0.15) is 11.0 Å². The zero-order valence-electron chi connectivity index (χ0n) is 17.3. The van der Waals surface area contributed by atoms with Crippen LogP contribution in [-0.4, -0.2) is 36.8 Å². The number of rotatable bonds is 7. The third-order valence-electron chi connectivity index (χ3n) is 5.27. The molecule has 1 atom stereocenters. The summed E-state index contributed by atoms with van der Waals surface area (Å²) in [6, 6.07) is 22.9. The summed E-state index contributed by atoms with van der Waals surface area (Å²) in [6.07, 6.45) is 1.66. The third-order valence-corrected chi connectivity index (χ3v) is 8.43. The van der Waals surface area contributed by atoms with Crippen molar-refractivity contribution >= 4 is 33.4 Å². The van der Waals surface area contributed by atoms with Crippen molar-refractivity contribution < 1.29 is 18.3 Å². The van der Waals surface area contributed by atoms with Gasteiger partial charge in [0.25, 0.3) is 0 Å². The maximum Gasteiger partial charge on any atom is 0.243 e. The van der Waals surface area contributed by atoms with Crippen LogP contribution in [0.3, 0.4) is 0 Å². The molecular weight excluding hydrogens is 444 g/mol. The number of carbonyl (C=O) groups is 1. The molecule has 0 aliphatic carbocycles. The summed E-state index contributed by atoms with van der Waals surface area (Å²) in [4.78, 5) is 14.3. The highest BCUT2D eigenvalue weighted by Crippen LogP contribution is 2.37. The Labute approximate surface area is 192 Å². The van der Waals surface area contributed by atoms with Gasteiger partial charge in [-0.15, -0.1) is 11.8 Å². The van der Waals surface area contributed by atoms with E-state index in [4.69, 9.17) is 0 Å². The Kier molecular flexibility index (Phi) is 6.83. The van der Waals surface area contributed by atoms with E-state index in [0.717, 1.165) is 23.3 Å². The molecule has 4 rings (SSSR count). The molecule has 1 amide bonds. The third kappa shape index (κ3) is 4.98. The van der Waals surface area contributed by atoms with Crippen LogP contribution in [0.1, 0.15) is 23.7 Å². The number of phenols is 1. The van der Waals surface area contributed by atoms with E-state index in [-0.39, 0.29) is 22.2 Å². The summed E-state index contributed by atoms with van der Waals surface area (Å²) < 4.78 is 27.2. The number of amides is 1. The van der Waals surface area contributed by atoms with Crippen LogP contribution in [0.4, 0.5) is 5.69 Å². The Morgan fingerprint density at radius 3 is 2.22 bits per heavy atom. The number of thioether (sulfide) groups is 1. The van der Waals surface area contributed by atoms with Crippen molar-refractivity contribution in [2.24, 2.45) is 0 Å². The number of sulfonamides is 1. The Morgan fingerprint density at radius 2 is 1.56 bits per heavy atom. The Balaban J connectivity index is 1.62. The van der Waals surface area contributed by atoms with Crippen molar-refractivity contribution in [2.45, 2.75) is 27.9 Å². The van der Waals surface area contributed by atoms with E-state index < -0.39 is 15.3 Å². The predicted octanol–water partition coefficient (Wildman–Crippen LogP) is 4.65. The van der Waals surface area contributed by atoms with E-state index in [0.29, 0.717) is 13.1 Å². The highest BCUT2D eigenvalue weighted by molar-refractivity contribution is 8.00. The van der Waals surface area contributed by atoms with Gasteiger partial charge in [-0.25, -0.2) is 8.42 Å². The Hall–Kier alpha value is -2.81. The number of hydrogen-bond donors (Lipinski definition) is 2. The molecule has 0 bridgehead atoms. The first-order valence-electron chi connectivity index (χ1n) is 10.4. The van der Waals surface area contributed by atoms with Crippen LogP contribution in [0.25, 0.3) is 0 Å². The topological polar surface area (TPSA) is 86.7 Å². The summed E-state index contributed by atoms with van der Waals surface area (Å²) >= 11 is 1.39. The van der Waals surface area contributed by atoms with Gasteiger partial charge in [0.15, 0.2) is 0 Å². The van der Waals surface area contributed by atoms with Crippen molar-refractivity contribution in [2.75, 3.05) is 18.4 Å². The first kappa shape index (κ1) is 22.4. The van der Waals surface area contributed by atoms with Crippen molar-refractivity contribution in [3.05, 3.63) is 84.4 Å². The summed E-state index contributed by atoms with van der Waals surface area (Å²) in [5.74, 6) is -0.536. The minimum absolute atomic E-state index is 0.0551. The summed E-state index contributed by atoms with van der Waals surface area (Å²) in [7, 11) is -3.67. The van der Waals surface area contributed by atoms with E-state index in [1.807, 2.05) is 60.7 Å². The number of nitrogens with one attached hydrogen (secondary N) is 1. The molecule has 166 valence electrons. The fraction of sp³-hybridized carbons (Fsp3) is 0.208. The predicted molar refractivity (Wildman–Crippen MR) is 126 cm³/mol. The molecule has 0 aromatic heterocycles. The molecular formula is C24H24N2O4S2. The molecule has 1 aliphatic heterocycles. The molecule has 8 heteroatoms. The number of phenolic OH excluding ortho intramolecular Hbond substituents is 1. The normalized spacial score (nSPS) is 15.4. The van der Waals surface area contributed by atoms with Crippen LogP contribution < -0.4 is 5.32 Å². The van der Waals surface area contributed by atoms with Gasteiger partial charge in [-0.3, -0.25) is 4.79 Å². The van der Waals surface area contributed by atoms with Gasteiger partial charge in [-0.2, -0.15) is 4.31 Å². The number of carbonyl (C=O) groups excluding carboxylic acids is 1. The highest BCUT2D eigenvalue weighted by Gasteiger charge is 2.29. The fourth-order valence-corrected chi connectivity index (χ4v) is 6.18. The zero-order valence-corrected chi connectivity index (χ0v) is 19.0. The quantitative estimate of drug-likeness (QED) is 0.389. The molecule has 3 aromatic carbocycles. The monoisotopic (exact) mass is 468 g/mol. The lowest BCUT2D eigenvalue weighted by molar-refractivity contribution is -0.115. The second kappa shape index (κ2) is 9.77. The van der Waals surface area contributed by atoms with E-state index >= 15 is 0 Å². The van der Waals surface area contributed by atoms with Gasteiger partial charge >= 0.3 is 0 Å². The van der Waals surface area contributed by atoms with Crippen LogP contribution >= 0.6 is 11.8 Å². The molecule has 6 nitrogen and oxygen atoms in total. The molecule has 1 unspecified atom stereocenters. The first-order chi connectivity index (χ1) is 15.4. The van der Waals surface area contributed by atoms with Gasteiger partial charge < -0.3 is 10.4 Å². The lowest BCUT2D eigenvalue weighted by Gasteiger charge is -2.19. The zero-order chi connectivity index (χ0) is 22.6. The highest BCUT2D eigenvalue weighted by atomic mass is 32.2. The molecule has 0 radical (unpaired) electrons. The van der Waals surface area contributed by atoms with Gasteiger partial charge in [0.05, 0.1) is 10.6 Å². The van der Waals surface area contributed by atoms with Crippen molar-refractivity contribution in [1.82, 2.24) is 4.31 Å². The number of aromatic hydroxyl groups is 1. The molecule has 3 aromatic rings. The minimum atomic E-state index is -3.67. The van der Waals surface area contributed by atoms with Crippen molar-refractivity contribution in [3.8, 4) is 5.75 Å². The lowest BCUT2D eigenvalue weighted by atomic mass is 10.1. The van der Waals surface area contributed by atoms with E-state index in [1.54, 1.807) is 0 Å². The van der Waals surface area contributed by atoms with Crippen molar-refractivity contribution in [1.29, 1.82) is 0 Å². The first-order valence-corrected chi connectivity index (χ1v) is 12.7. The van der Waals surface area contributed by atoms with E-state index in [9.17, 15) is 18.3 Å². The molecule has 2 N–H and O–H groups in total. The summed E-state index contributed by atoms with van der Waals surface area (Å²) in [5, 5.41) is 12.5. The summed E-state index contributed by atoms with van der Waals surface area (Å²) in [5.41, 5.74) is 0.879. The fourth-order valence-electron chi connectivity index (χ4n) is 3.59. The largest absolute Gasteiger partial charge is 0.506 e. The molecule has 1 heterocycles. The van der Waals surface area contributed by atoms with Crippen molar-refractivity contribution in [3.63, 3.8) is 0 Å². The molecule has 32 heavy (non-hydrogen) atoms. The van der Waals surface area contributed by atoms with E-state index in [2.05, 4.69) is 5.32 Å². The molecule has 1 saturated heterocycles. The number of benzene rings is 3. The maximum atomic E-state index is 13.3. The maximum absolute atomic E-state index is 13.3. The van der Waals surface area contributed by atoms with Gasteiger partial charge in [0, 0.05) is 18.0 Å². The molecule has 1 aliphatic rings. The van der Waals surface area contributed by atoms with E-state index in [1.165, 1.54) is 34.3 Å². The summed E-state index contributed by atoms with van der Waals surface area (Å²) in [6.45, 7) is 0.962. The average molecular weight is 469 g/mol. The second-order valence-electron chi connectivity index (χ2n) is 7.50. The molecule has 1 fully saturated rings. The lowest BCUT2D eigenvalue weighted by Crippen LogP contribution is -2.28. The number of nitrogens with zero attached hydrogens (tertiary/aromatic N) is 1. The smallest absolute Gasteiger partial charge is 0.243 e. The van der Waals surface area contributed by atoms with Gasteiger partial charge in [-0.05, 0) is 48.7 Å². The van der Waals surface area contributed by atoms with Gasteiger partial charge in [0.2, 0.25) is 15.9 Å². The van der Waals surface area contributed by atoms with Crippen LogP contribution in [0.15, 0.2) is 88.7 Å². The standard InChI is InChI=1S/C24H24N2O4S2/c27-22-14-13-20(32(29,30)26-15-7-8-16-26)17-21(22)25-24(28)23(18-9-3-1-4-10-18)31-19-11-5-2-6-12-19/h1-6,9-14,17,23,27H,7-8,15-16H2,(H,25,28). The van der Waals surface area contributed by atoms with Crippen LogP contribution in [0.2, 0.25) is 0 Å². The van der Waals surface area contributed by atoms with Crippen LogP contribution in [0.5, 0.6) is 5.75 Å². The molecule has 0 saturated carbocycles. The molecule has 0 spiro atoms. The van der Waals surface area contributed by atoms with Crippen LogP contribution in [-0.2, 0) is 14.8 Å². The average Bonchev–Trinajstić information content (AvgIpc) is 3.36.